The van der Waals surface area contributed by atoms with Crippen LogP contribution in [0.25, 0.3) is 0 Å². The maximum Gasteiger partial charge on any atom is 0.329 e. The number of non-ortho nitro benzene ring substituents is 1. The van der Waals surface area contributed by atoms with Crippen LogP contribution in [0.2, 0.25) is 0 Å². The lowest BCUT2D eigenvalue weighted by Crippen LogP contribution is -2.44. The second-order valence-corrected chi connectivity index (χ2v) is 6.11. The van der Waals surface area contributed by atoms with Crippen LogP contribution in [0.3, 0.4) is 0 Å². The number of benzene rings is 1. The Hall–Kier alpha value is -2.97. The van der Waals surface area contributed by atoms with Gasteiger partial charge in [-0.25, -0.2) is 4.79 Å². The zero-order valence-electron chi connectivity index (χ0n) is 14.6. The average Bonchev–Trinajstić information content (AvgIpc) is 3.15. The number of nitrogens with zero attached hydrogens (tertiary/aromatic N) is 2. The molecule has 0 radical (unpaired) electrons. The van der Waals surface area contributed by atoms with Crippen molar-refractivity contribution >= 4 is 23.5 Å². The number of likely N-dealkylation sites (tertiary alicyclic amines) is 1. The fraction of sp³-hybridized carbons (Fsp3) is 0.471. The summed E-state index contributed by atoms with van der Waals surface area (Å²) in [6, 6.07) is 4.16. The molecule has 2 rings (SSSR count). The van der Waals surface area contributed by atoms with Crippen LogP contribution in [0.1, 0.15) is 37.0 Å². The number of rotatable bonds is 6. The summed E-state index contributed by atoms with van der Waals surface area (Å²) >= 11 is 0. The molecule has 0 aliphatic carbocycles. The lowest BCUT2D eigenvalue weighted by atomic mass is 10.2. The van der Waals surface area contributed by atoms with Crippen LogP contribution in [0.4, 0.5) is 5.69 Å². The molecule has 1 N–H and O–H groups in total. The highest BCUT2D eigenvalue weighted by molar-refractivity contribution is 5.97. The number of nitrogens with one attached hydrogen (secondary N) is 1. The predicted octanol–water partition coefficient (Wildman–Crippen LogP) is 1.27. The third kappa shape index (κ3) is 4.78. The quantitative estimate of drug-likeness (QED) is 0.462. The van der Waals surface area contributed by atoms with Crippen molar-refractivity contribution < 1.29 is 24.0 Å². The molecule has 2 unspecified atom stereocenters. The highest BCUT2D eigenvalue weighted by Gasteiger charge is 2.28. The topological polar surface area (TPSA) is 119 Å². The van der Waals surface area contributed by atoms with Crippen LogP contribution in [-0.2, 0) is 14.3 Å². The molecule has 0 bridgehead atoms. The molecule has 0 aromatic heterocycles. The first-order valence-corrected chi connectivity index (χ1v) is 8.34. The lowest BCUT2D eigenvalue weighted by Gasteiger charge is -2.22. The molecule has 1 heterocycles. The van der Waals surface area contributed by atoms with Crippen molar-refractivity contribution in [2.75, 3.05) is 13.1 Å². The van der Waals surface area contributed by atoms with E-state index in [9.17, 15) is 24.5 Å². The highest BCUT2D eigenvalue weighted by Crippen LogP contribution is 2.14. The zero-order chi connectivity index (χ0) is 19.3. The van der Waals surface area contributed by atoms with E-state index in [0.29, 0.717) is 13.1 Å². The summed E-state index contributed by atoms with van der Waals surface area (Å²) in [6.07, 6.45) is 0.933. The summed E-state index contributed by atoms with van der Waals surface area (Å²) < 4.78 is 5.13. The van der Waals surface area contributed by atoms with Crippen LogP contribution in [-0.4, -0.2) is 52.8 Å². The maximum atomic E-state index is 12.1. The van der Waals surface area contributed by atoms with Gasteiger partial charge in [-0.05, 0) is 32.8 Å². The van der Waals surface area contributed by atoms with Gasteiger partial charge < -0.3 is 15.0 Å². The van der Waals surface area contributed by atoms with E-state index in [4.69, 9.17) is 4.74 Å². The van der Waals surface area contributed by atoms with E-state index < -0.39 is 28.9 Å². The summed E-state index contributed by atoms with van der Waals surface area (Å²) in [5, 5.41) is 13.2. The molecular weight excluding hydrogens is 342 g/mol. The van der Waals surface area contributed by atoms with Crippen molar-refractivity contribution in [2.24, 2.45) is 0 Å². The monoisotopic (exact) mass is 363 g/mol. The Kier molecular flexibility index (Phi) is 6.26. The molecule has 9 nitrogen and oxygen atoms in total. The standard InChI is InChI=1S/C17H21N3O6/c1-11(17(23)26-12(2)16(22)19-8-3-4-9-19)18-15(21)13-6-5-7-14(10-13)20(24)25/h5-7,10-12H,3-4,8-9H2,1-2H3,(H,18,21). The summed E-state index contributed by atoms with van der Waals surface area (Å²) in [5.41, 5.74) is -0.169. The van der Waals surface area contributed by atoms with E-state index in [1.54, 1.807) is 4.90 Å². The Balaban J connectivity index is 1.91. The molecule has 1 aromatic rings. The fourth-order valence-electron chi connectivity index (χ4n) is 2.62. The lowest BCUT2D eigenvalue weighted by molar-refractivity contribution is -0.384. The maximum absolute atomic E-state index is 12.1. The van der Waals surface area contributed by atoms with Crippen LogP contribution >= 0.6 is 0 Å². The summed E-state index contributed by atoms with van der Waals surface area (Å²) in [5.74, 6) is -1.64. The van der Waals surface area contributed by atoms with Crippen molar-refractivity contribution in [1.82, 2.24) is 10.2 Å². The van der Waals surface area contributed by atoms with Crippen molar-refractivity contribution in [2.45, 2.75) is 38.8 Å². The number of hydrogen-bond donors (Lipinski definition) is 1. The second-order valence-electron chi connectivity index (χ2n) is 6.11. The Labute approximate surface area is 150 Å². The number of ether oxygens (including phenoxy) is 1. The van der Waals surface area contributed by atoms with Gasteiger partial charge in [0.15, 0.2) is 6.10 Å². The van der Waals surface area contributed by atoms with Crippen molar-refractivity contribution in [1.29, 1.82) is 0 Å². The Morgan fingerprint density at radius 3 is 2.50 bits per heavy atom. The third-order valence-electron chi connectivity index (χ3n) is 4.08. The first-order valence-electron chi connectivity index (χ1n) is 8.34. The summed E-state index contributed by atoms with van der Waals surface area (Å²) in [7, 11) is 0. The number of nitro benzene ring substituents is 1. The van der Waals surface area contributed by atoms with E-state index in [2.05, 4.69) is 5.32 Å². The van der Waals surface area contributed by atoms with E-state index in [0.717, 1.165) is 18.9 Å². The average molecular weight is 363 g/mol. The van der Waals surface area contributed by atoms with Crippen LogP contribution in [0.5, 0.6) is 0 Å². The number of amides is 2. The van der Waals surface area contributed by atoms with E-state index in [1.165, 1.54) is 32.0 Å². The molecule has 1 aliphatic heterocycles. The van der Waals surface area contributed by atoms with Gasteiger partial charge in [-0.3, -0.25) is 19.7 Å². The molecule has 26 heavy (non-hydrogen) atoms. The molecule has 1 fully saturated rings. The van der Waals surface area contributed by atoms with E-state index in [-0.39, 0.29) is 17.2 Å². The molecular formula is C17H21N3O6. The minimum absolute atomic E-state index is 0.0556. The normalized spacial score (nSPS) is 15.8. The zero-order valence-corrected chi connectivity index (χ0v) is 14.6. The fourth-order valence-corrected chi connectivity index (χ4v) is 2.62. The number of carbonyl (C=O) groups excluding carboxylic acids is 3. The smallest absolute Gasteiger partial charge is 0.329 e. The van der Waals surface area contributed by atoms with Crippen molar-refractivity contribution in [3.8, 4) is 0 Å². The van der Waals surface area contributed by atoms with Gasteiger partial charge in [0.05, 0.1) is 4.92 Å². The molecule has 9 heteroatoms. The largest absolute Gasteiger partial charge is 0.451 e. The van der Waals surface area contributed by atoms with E-state index >= 15 is 0 Å². The minimum atomic E-state index is -1.00. The molecule has 0 spiro atoms. The van der Waals surface area contributed by atoms with Gasteiger partial charge in [0, 0.05) is 30.8 Å². The predicted molar refractivity (Wildman–Crippen MR) is 91.4 cm³/mol. The first-order chi connectivity index (χ1) is 12.3. The second kappa shape index (κ2) is 8.41. The van der Waals surface area contributed by atoms with Crippen LogP contribution < -0.4 is 5.32 Å². The van der Waals surface area contributed by atoms with Crippen LogP contribution in [0.15, 0.2) is 24.3 Å². The molecule has 0 saturated carbocycles. The third-order valence-corrected chi connectivity index (χ3v) is 4.08. The SMILES string of the molecule is CC(NC(=O)c1cccc([N+](=O)[O-])c1)C(=O)OC(C)C(=O)N1CCCC1. The van der Waals surface area contributed by atoms with Gasteiger partial charge in [-0.2, -0.15) is 0 Å². The van der Waals surface area contributed by atoms with E-state index in [1.807, 2.05) is 0 Å². The number of carbonyl (C=O) groups is 3. The van der Waals surface area contributed by atoms with Crippen molar-refractivity contribution in [3.05, 3.63) is 39.9 Å². The molecule has 1 aliphatic rings. The van der Waals surface area contributed by atoms with Gasteiger partial charge >= 0.3 is 5.97 Å². The number of esters is 1. The minimum Gasteiger partial charge on any atom is -0.451 e. The Morgan fingerprint density at radius 1 is 1.23 bits per heavy atom. The van der Waals surface area contributed by atoms with Gasteiger partial charge in [0.2, 0.25) is 0 Å². The molecule has 1 saturated heterocycles. The van der Waals surface area contributed by atoms with Crippen molar-refractivity contribution in [3.63, 3.8) is 0 Å². The van der Waals surface area contributed by atoms with Gasteiger partial charge in [-0.15, -0.1) is 0 Å². The van der Waals surface area contributed by atoms with Crippen LogP contribution in [0, 0.1) is 10.1 Å². The van der Waals surface area contributed by atoms with Gasteiger partial charge in [0.1, 0.15) is 6.04 Å². The highest BCUT2D eigenvalue weighted by atomic mass is 16.6. The number of hydrogen-bond acceptors (Lipinski definition) is 6. The summed E-state index contributed by atoms with van der Waals surface area (Å²) in [4.78, 5) is 48.2. The molecule has 1 aromatic carbocycles. The van der Waals surface area contributed by atoms with Gasteiger partial charge in [0.25, 0.3) is 17.5 Å². The Morgan fingerprint density at radius 2 is 1.88 bits per heavy atom. The number of nitro groups is 1. The molecule has 140 valence electrons. The Bertz CT molecular complexity index is 714. The first kappa shape index (κ1) is 19.4. The summed E-state index contributed by atoms with van der Waals surface area (Å²) in [6.45, 7) is 4.22. The molecule has 2 amide bonds. The van der Waals surface area contributed by atoms with Gasteiger partial charge in [-0.1, -0.05) is 6.07 Å². The molecule has 2 atom stereocenters.